The van der Waals surface area contributed by atoms with E-state index in [-0.39, 0.29) is 18.9 Å². The summed E-state index contributed by atoms with van der Waals surface area (Å²) in [6, 6.07) is 11.1. The Morgan fingerprint density at radius 3 is 2.60 bits per heavy atom. The fourth-order valence-electron chi connectivity index (χ4n) is 1.59. The summed E-state index contributed by atoms with van der Waals surface area (Å²) in [5.74, 6) is -0.736. The molecule has 4 nitrogen and oxygen atoms in total. The first-order chi connectivity index (χ1) is 9.63. The molecule has 0 atom stereocenters. The lowest BCUT2D eigenvalue weighted by molar-refractivity contribution is -0.146. The topological polar surface area (TPSA) is 55.4 Å². The van der Waals surface area contributed by atoms with Crippen molar-refractivity contribution < 1.29 is 14.3 Å². The first kappa shape index (κ1) is 14.3. The van der Waals surface area contributed by atoms with Gasteiger partial charge in [0.2, 0.25) is 0 Å². The SMILES string of the molecule is Cc1ccc(NC(=O)COC(=O)Cc2cccs2)cc1. The van der Waals surface area contributed by atoms with Crippen LogP contribution in [-0.4, -0.2) is 18.5 Å². The van der Waals surface area contributed by atoms with Gasteiger partial charge in [-0.3, -0.25) is 9.59 Å². The average molecular weight is 289 g/mol. The fourth-order valence-corrected chi connectivity index (χ4v) is 2.28. The number of carbonyl (C=O) groups excluding carboxylic acids is 2. The van der Waals surface area contributed by atoms with E-state index >= 15 is 0 Å². The van der Waals surface area contributed by atoms with Gasteiger partial charge in [-0.05, 0) is 30.5 Å². The highest BCUT2D eigenvalue weighted by Gasteiger charge is 2.09. The lowest BCUT2D eigenvalue weighted by atomic mass is 10.2. The Morgan fingerprint density at radius 2 is 1.95 bits per heavy atom. The number of hydrogen-bond donors (Lipinski definition) is 1. The molecule has 1 amide bonds. The molecule has 1 heterocycles. The van der Waals surface area contributed by atoms with Gasteiger partial charge in [0, 0.05) is 10.6 Å². The molecule has 5 heteroatoms. The highest BCUT2D eigenvalue weighted by atomic mass is 32.1. The molecule has 1 aromatic carbocycles. The molecule has 0 bridgehead atoms. The maximum atomic E-state index is 11.6. The summed E-state index contributed by atoms with van der Waals surface area (Å²) in [5.41, 5.74) is 1.81. The molecule has 0 radical (unpaired) electrons. The first-order valence-electron chi connectivity index (χ1n) is 6.18. The molecule has 1 N–H and O–H groups in total. The van der Waals surface area contributed by atoms with Crippen molar-refractivity contribution in [3.63, 3.8) is 0 Å². The molecule has 1 aromatic heterocycles. The zero-order chi connectivity index (χ0) is 14.4. The largest absolute Gasteiger partial charge is 0.455 e. The Bertz CT molecular complexity index is 576. The van der Waals surface area contributed by atoms with Gasteiger partial charge < -0.3 is 10.1 Å². The van der Waals surface area contributed by atoms with E-state index in [1.165, 1.54) is 11.3 Å². The number of amides is 1. The normalized spacial score (nSPS) is 10.1. The predicted molar refractivity (Wildman–Crippen MR) is 78.8 cm³/mol. The molecule has 0 fully saturated rings. The van der Waals surface area contributed by atoms with E-state index < -0.39 is 5.97 Å². The summed E-state index contributed by atoms with van der Waals surface area (Å²) in [7, 11) is 0. The second-order valence-electron chi connectivity index (χ2n) is 4.33. The Morgan fingerprint density at radius 1 is 1.20 bits per heavy atom. The smallest absolute Gasteiger partial charge is 0.311 e. The van der Waals surface area contributed by atoms with Crippen molar-refractivity contribution in [3.8, 4) is 0 Å². The van der Waals surface area contributed by atoms with Crippen LogP contribution in [0.5, 0.6) is 0 Å². The van der Waals surface area contributed by atoms with E-state index in [0.29, 0.717) is 5.69 Å². The molecule has 0 spiro atoms. The monoisotopic (exact) mass is 289 g/mol. The molecular weight excluding hydrogens is 274 g/mol. The van der Waals surface area contributed by atoms with Crippen molar-refractivity contribution in [2.45, 2.75) is 13.3 Å². The third kappa shape index (κ3) is 4.51. The zero-order valence-electron chi connectivity index (χ0n) is 11.1. The number of esters is 1. The van der Waals surface area contributed by atoms with Gasteiger partial charge in [0.1, 0.15) is 0 Å². The number of aryl methyl sites for hydroxylation is 1. The van der Waals surface area contributed by atoms with Gasteiger partial charge in [0.05, 0.1) is 6.42 Å². The Labute approximate surface area is 121 Å². The molecule has 0 saturated carbocycles. The van der Waals surface area contributed by atoms with Crippen LogP contribution in [0.25, 0.3) is 0 Å². The van der Waals surface area contributed by atoms with Gasteiger partial charge in [-0.1, -0.05) is 23.8 Å². The maximum Gasteiger partial charge on any atom is 0.311 e. The number of thiophene rings is 1. The molecular formula is C15H15NO3S. The van der Waals surface area contributed by atoms with Gasteiger partial charge in [-0.15, -0.1) is 11.3 Å². The van der Waals surface area contributed by atoms with Crippen molar-refractivity contribution >= 4 is 28.9 Å². The van der Waals surface area contributed by atoms with E-state index in [0.717, 1.165) is 10.4 Å². The fraction of sp³-hybridized carbons (Fsp3) is 0.200. The van der Waals surface area contributed by atoms with Gasteiger partial charge in [-0.25, -0.2) is 0 Å². The molecule has 0 saturated heterocycles. The van der Waals surface area contributed by atoms with Gasteiger partial charge >= 0.3 is 5.97 Å². The second-order valence-corrected chi connectivity index (χ2v) is 5.36. The highest BCUT2D eigenvalue weighted by molar-refractivity contribution is 7.10. The lowest BCUT2D eigenvalue weighted by Gasteiger charge is -2.06. The summed E-state index contributed by atoms with van der Waals surface area (Å²) in [6.45, 7) is 1.70. The van der Waals surface area contributed by atoms with Crippen molar-refractivity contribution in [2.24, 2.45) is 0 Å². The predicted octanol–water partition coefficient (Wildman–Crippen LogP) is 2.78. The van der Waals surface area contributed by atoms with Crippen LogP contribution in [0, 0.1) is 6.92 Å². The molecule has 0 aliphatic carbocycles. The van der Waals surface area contributed by atoms with Crippen molar-refractivity contribution in [1.29, 1.82) is 0 Å². The van der Waals surface area contributed by atoms with E-state index in [4.69, 9.17) is 4.74 Å². The molecule has 0 aliphatic rings. The minimum atomic E-state index is -0.397. The van der Waals surface area contributed by atoms with Gasteiger partial charge in [0.15, 0.2) is 6.61 Å². The summed E-state index contributed by atoms with van der Waals surface area (Å²) < 4.78 is 4.93. The van der Waals surface area contributed by atoms with Crippen molar-refractivity contribution in [1.82, 2.24) is 0 Å². The van der Waals surface area contributed by atoms with Crippen LogP contribution < -0.4 is 5.32 Å². The summed E-state index contributed by atoms with van der Waals surface area (Å²) in [6.07, 6.45) is 0.204. The van der Waals surface area contributed by atoms with Crippen LogP contribution in [0.15, 0.2) is 41.8 Å². The summed E-state index contributed by atoms with van der Waals surface area (Å²) in [5, 5.41) is 4.57. The van der Waals surface area contributed by atoms with Crippen LogP contribution in [0.4, 0.5) is 5.69 Å². The minimum Gasteiger partial charge on any atom is -0.455 e. The van der Waals surface area contributed by atoms with E-state index in [2.05, 4.69) is 5.32 Å². The van der Waals surface area contributed by atoms with Crippen molar-refractivity contribution in [3.05, 3.63) is 52.2 Å². The Hall–Kier alpha value is -2.14. The minimum absolute atomic E-state index is 0.204. The van der Waals surface area contributed by atoms with Gasteiger partial charge in [0.25, 0.3) is 5.91 Å². The third-order valence-corrected chi connectivity index (χ3v) is 3.47. The first-order valence-corrected chi connectivity index (χ1v) is 7.06. The standard InChI is InChI=1S/C15H15NO3S/c1-11-4-6-12(7-5-11)16-14(17)10-19-15(18)9-13-3-2-8-20-13/h2-8H,9-10H2,1H3,(H,16,17). The number of anilines is 1. The maximum absolute atomic E-state index is 11.6. The van der Waals surface area contributed by atoms with Crippen LogP contribution in [0.1, 0.15) is 10.4 Å². The molecule has 0 unspecified atom stereocenters. The van der Waals surface area contributed by atoms with Crippen LogP contribution >= 0.6 is 11.3 Å². The molecule has 20 heavy (non-hydrogen) atoms. The average Bonchev–Trinajstić information content (AvgIpc) is 2.92. The quantitative estimate of drug-likeness (QED) is 0.861. The van der Waals surface area contributed by atoms with Crippen LogP contribution in [0.2, 0.25) is 0 Å². The number of carbonyl (C=O) groups is 2. The molecule has 0 aliphatic heterocycles. The number of rotatable bonds is 5. The molecule has 104 valence electrons. The summed E-state index contributed by atoms with van der Waals surface area (Å²) >= 11 is 1.49. The van der Waals surface area contributed by atoms with Crippen molar-refractivity contribution in [2.75, 3.05) is 11.9 Å². The lowest BCUT2D eigenvalue weighted by Crippen LogP contribution is -2.21. The van der Waals surface area contributed by atoms with Crippen LogP contribution in [0.3, 0.4) is 0 Å². The number of nitrogens with one attached hydrogen (secondary N) is 1. The highest BCUT2D eigenvalue weighted by Crippen LogP contribution is 2.10. The zero-order valence-corrected chi connectivity index (χ0v) is 11.9. The van der Waals surface area contributed by atoms with Gasteiger partial charge in [-0.2, -0.15) is 0 Å². The molecule has 2 aromatic rings. The van der Waals surface area contributed by atoms with Crippen LogP contribution in [-0.2, 0) is 20.7 Å². The third-order valence-electron chi connectivity index (χ3n) is 2.60. The van der Waals surface area contributed by atoms with E-state index in [1.54, 1.807) is 12.1 Å². The Balaban J connectivity index is 1.74. The number of ether oxygens (including phenoxy) is 1. The Kier molecular flexibility index (Phi) is 4.90. The number of hydrogen-bond acceptors (Lipinski definition) is 4. The second kappa shape index (κ2) is 6.86. The summed E-state index contributed by atoms with van der Waals surface area (Å²) in [4.78, 5) is 24.1. The molecule has 2 rings (SSSR count). The van der Waals surface area contributed by atoms with E-state index in [9.17, 15) is 9.59 Å². The van der Waals surface area contributed by atoms with E-state index in [1.807, 2.05) is 36.6 Å². The number of benzene rings is 1.